The number of benzene rings is 1. The van der Waals surface area contributed by atoms with Gasteiger partial charge >= 0.3 is 0 Å². The molecule has 0 bridgehead atoms. The highest BCUT2D eigenvalue weighted by atomic mass is 19.1. The molecule has 86 valence electrons. The highest BCUT2D eigenvalue weighted by Crippen LogP contribution is 2.12. The van der Waals surface area contributed by atoms with E-state index >= 15 is 0 Å². The van der Waals surface area contributed by atoms with Gasteiger partial charge in [0.25, 0.3) is 0 Å². The molecule has 1 unspecified atom stereocenters. The normalized spacial score (nSPS) is 12.5. The largest absolute Gasteiger partial charge is 0.301 e. The summed E-state index contributed by atoms with van der Waals surface area (Å²) < 4.78 is 12.9. The van der Waals surface area contributed by atoms with Crippen molar-refractivity contribution in [2.45, 2.75) is 20.4 Å². The van der Waals surface area contributed by atoms with E-state index in [1.807, 2.05) is 20.9 Å². The van der Waals surface area contributed by atoms with Crippen molar-refractivity contribution in [3.8, 4) is 6.07 Å². The predicted octanol–water partition coefficient (Wildman–Crippen LogP) is 2.73. The molecule has 0 radical (unpaired) electrons. The molecule has 1 aromatic carbocycles. The number of hydrogen-bond acceptors (Lipinski definition) is 2. The molecule has 0 aliphatic heterocycles. The van der Waals surface area contributed by atoms with Crippen LogP contribution in [-0.2, 0) is 6.54 Å². The molecule has 3 heteroatoms. The third-order valence-electron chi connectivity index (χ3n) is 2.55. The van der Waals surface area contributed by atoms with Gasteiger partial charge in [-0.3, -0.25) is 0 Å². The van der Waals surface area contributed by atoms with Gasteiger partial charge in [-0.1, -0.05) is 6.07 Å². The third-order valence-corrected chi connectivity index (χ3v) is 2.55. The summed E-state index contributed by atoms with van der Waals surface area (Å²) in [4.78, 5) is 2.08. The summed E-state index contributed by atoms with van der Waals surface area (Å²) >= 11 is 0. The lowest BCUT2D eigenvalue weighted by Crippen LogP contribution is -2.23. The Kier molecular flexibility index (Phi) is 4.45. The highest BCUT2D eigenvalue weighted by molar-refractivity contribution is 5.26. The van der Waals surface area contributed by atoms with Crippen LogP contribution >= 0.6 is 0 Å². The van der Waals surface area contributed by atoms with Crippen LogP contribution in [0.2, 0.25) is 0 Å². The van der Waals surface area contributed by atoms with Gasteiger partial charge < -0.3 is 4.90 Å². The molecule has 0 aliphatic carbocycles. The molecule has 1 aromatic rings. The number of nitrogens with zero attached hydrogens (tertiary/aromatic N) is 2. The first-order chi connectivity index (χ1) is 7.52. The molecule has 0 aliphatic rings. The van der Waals surface area contributed by atoms with Gasteiger partial charge in [0.1, 0.15) is 5.82 Å². The topological polar surface area (TPSA) is 27.0 Å². The molecule has 0 spiro atoms. The highest BCUT2D eigenvalue weighted by Gasteiger charge is 2.07. The number of aryl methyl sites for hydroxylation is 1. The molecule has 0 amide bonds. The van der Waals surface area contributed by atoms with E-state index in [1.165, 1.54) is 12.1 Å². The first-order valence-corrected chi connectivity index (χ1v) is 5.36. The van der Waals surface area contributed by atoms with Gasteiger partial charge in [-0.25, -0.2) is 4.39 Å². The maximum Gasteiger partial charge on any atom is 0.123 e. The smallest absolute Gasteiger partial charge is 0.123 e. The average molecular weight is 220 g/mol. The monoisotopic (exact) mass is 220 g/mol. The van der Waals surface area contributed by atoms with E-state index in [0.29, 0.717) is 0 Å². The fourth-order valence-corrected chi connectivity index (χ4v) is 1.70. The number of nitriles is 1. The molecule has 16 heavy (non-hydrogen) atoms. The minimum absolute atomic E-state index is 0.0192. The van der Waals surface area contributed by atoms with Gasteiger partial charge in [0.15, 0.2) is 0 Å². The van der Waals surface area contributed by atoms with E-state index < -0.39 is 0 Å². The van der Waals surface area contributed by atoms with Crippen LogP contribution in [-0.4, -0.2) is 18.5 Å². The van der Waals surface area contributed by atoms with E-state index in [9.17, 15) is 4.39 Å². The molecule has 0 aromatic heterocycles. The Morgan fingerprint density at radius 2 is 2.19 bits per heavy atom. The van der Waals surface area contributed by atoms with Crippen LogP contribution in [0.25, 0.3) is 0 Å². The lowest BCUT2D eigenvalue weighted by atomic mass is 10.1. The Bertz CT molecular complexity index is 395. The molecule has 1 rings (SSSR count). The van der Waals surface area contributed by atoms with Gasteiger partial charge in [0.05, 0.1) is 12.0 Å². The SMILES string of the molecule is Cc1cc(F)ccc1CN(C)CC(C)C#N. The van der Waals surface area contributed by atoms with E-state index in [1.54, 1.807) is 6.07 Å². The second-order valence-electron chi connectivity index (χ2n) is 4.30. The van der Waals surface area contributed by atoms with Gasteiger partial charge in [-0.15, -0.1) is 0 Å². The van der Waals surface area contributed by atoms with Crippen LogP contribution in [0.1, 0.15) is 18.1 Å². The maximum atomic E-state index is 12.9. The second kappa shape index (κ2) is 5.62. The minimum atomic E-state index is -0.200. The summed E-state index contributed by atoms with van der Waals surface area (Å²) in [6, 6.07) is 7.02. The summed E-state index contributed by atoms with van der Waals surface area (Å²) in [6.07, 6.45) is 0. The summed E-state index contributed by atoms with van der Waals surface area (Å²) in [7, 11) is 1.97. The first-order valence-electron chi connectivity index (χ1n) is 5.36. The second-order valence-corrected chi connectivity index (χ2v) is 4.30. The van der Waals surface area contributed by atoms with E-state index in [2.05, 4.69) is 11.0 Å². The summed E-state index contributed by atoms with van der Waals surface area (Å²) in [5.41, 5.74) is 2.06. The molecule has 1 atom stereocenters. The molecular weight excluding hydrogens is 203 g/mol. The standard InChI is InChI=1S/C13H17FN2/c1-10(7-15)8-16(3)9-12-4-5-13(14)6-11(12)2/h4-6,10H,8-9H2,1-3H3. The predicted molar refractivity (Wildman–Crippen MR) is 62.2 cm³/mol. The van der Waals surface area contributed by atoms with Crippen molar-refractivity contribution in [1.29, 1.82) is 5.26 Å². The van der Waals surface area contributed by atoms with Gasteiger partial charge in [-0.05, 0) is 44.2 Å². The zero-order valence-corrected chi connectivity index (χ0v) is 10.00. The lowest BCUT2D eigenvalue weighted by Gasteiger charge is -2.18. The maximum absolute atomic E-state index is 12.9. The summed E-state index contributed by atoms with van der Waals surface area (Å²) in [5, 5.41) is 8.71. The molecule has 2 nitrogen and oxygen atoms in total. The molecule has 0 fully saturated rings. The summed E-state index contributed by atoms with van der Waals surface area (Å²) in [6.45, 7) is 5.28. The van der Waals surface area contributed by atoms with Crippen LogP contribution in [0, 0.1) is 30.0 Å². The first kappa shape index (κ1) is 12.7. The van der Waals surface area contributed by atoms with Gasteiger partial charge in [0.2, 0.25) is 0 Å². The quantitative estimate of drug-likeness (QED) is 0.780. The van der Waals surface area contributed by atoms with E-state index in [0.717, 1.165) is 24.2 Å². The van der Waals surface area contributed by atoms with E-state index in [-0.39, 0.29) is 11.7 Å². The average Bonchev–Trinajstić information content (AvgIpc) is 2.22. The van der Waals surface area contributed by atoms with Gasteiger partial charge in [-0.2, -0.15) is 5.26 Å². The van der Waals surface area contributed by atoms with Crippen LogP contribution in [0.15, 0.2) is 18.2 Å². The number of hydrogen-bond donors (Lipinski definition) is 0. The lowest BCUT2D eigenvalue weighted by molar-refractivity contribution is 0.302. The van der Waals surface area contributed by atoms with Gasteiger partial charge in [0, 0.05) is 13.1 Å². The van der Waals surface area contributed by atoms with Crippen molar-refractivity contribution in [3.05, 3.63) is 35.1 Å². The minimum Gasteiger partial charge on any atom is -0.301 e. The fraction of sp³-hybridized carbons (Fsp3) is 0.462. The molecular formula is C13H17FN2. The van der Waals surface area contributed by atoms with Crippen LogP contribution in [0.5, 0.6) is 0 Å². The number of rotatable bonds is 4. The fourth-order valence-electron chi connectivity index (χ4n) is 1.70. The third kappa shape index (κ3) is 3.63. The Morgan fingerprint density at radius 3 is 2.75 bits per heavy atom. The van der Waals surface area contributed by atoms with E-state index in [4.69, 9.17) is 5.26 Å². The van der Waals surface area contributed by atoms with Crippen molar-refractivity contribution >= 4 is 0 Å². The summed E-state index contributed by atoms with van der Waals surface area (Å²) in [5.74, 6) is -0.181. The Balaban J connectivity index is 2.63. The van der Waals surface area contributed by atoms with Crippen molar-refractivity contribution in [1.82, 2.24) is 4.90 Å². The Morgan fingerprint density at radius 1 is 1.50 bits per heavy atom. The molecule has 0 N–H and O–H groups in total. The molecule has 0 saturated carbocycles. The zero-order chi connectivity index (χ0) is 12.1. The zero-order valence-electron chi connectivity index (χ0n) is 10.00. The van der Waals surface area contributed by atoms with Crippen molar-refractivity contribution < 1.29 is 4.39 Å². The molecule has 0 saturated heterocycles. The van der Waals surface area contributed by atoms with Crippen LogP contribution in [0.4, 0.5) is 4.39 Å². The molecule has 0 heterocycles. The van der Waals surface area contributed by atoms with Crippen molar-refractivity contribution in [2.75, 3.05) is 13.6 Å². The Labute approximate surface area is 96.3 Å². The van der Waals surface area contributed by atoms with Crippen molar-refractivity contribution in [3.63, 3.8) is 0 Å². The van der Waals surface area contributed by atoms with Crippen LogP contribution < -0.4 is 0 Å². The van der Waals surface area contributed by atoms with Crippen LogP contribution in [0.3, 0.4) is 0 Å². The Hall–Kier alpha value is -1.40. The van der Waals surface area contributed by atoms with Crippen molar-refractivity contribution in [2.24, 2.45) is 5.92 Å². The number of halogens is 1.